The van der Waals surface area contributed by atoms with Gasteiger partial charge < -0.3 is 5.73 Å². The summed E-state index contributed by atoms with van der Waals surface area (Å²) in [6, 6.07) is 2.06. The van der Waals surface area contributed by atoms with E-state index in [0.717, 1.165) is 12.1 Å². The average molecular weight is 267 g/mol. The summed E-state index contributed by atoms with van der Waals surface area (Å²) in [5.74, 6) is -2.09. The summed E-state index contributed by atoms with van der Waals surface area (Å²) in [4.78, 5) is 1.02. The number of rotatable bonds is 3. The van der Waals surface area contributed by atoms with Gasteiger partial charge in [0.15, 0.2) is 5.11 Å². The van der Waals surface area contributed by atoms with Crippen LogP contribution in [-0.2, 0) is 10.0 Å². The molecule has 0 spiro atoms. The number of nitrogens with one attached hydrogen (secondary N) is 2. The van der Waals surface area contributed by atoms with Crippen molar-refractivity contribution in [3.05, 3.63) is 29.8 Å². The zero-order chi connectivity index (χ0) is 12.3. The summed E-state index contributed by atoms with van der Waals surface area (Å²) < 4.78 is 48.5. The van der Waals surface area contributed by atoms with Gasteiger partial charge in [0.25, 0.3) is 10.0 Å². The molecular weight excluding hydrogens is 260 g/mol. The van der Waals surface area contributed by atoms with Crippen molar-refractivity contribution in [3.63, 3.8) is 0 Å². The predicted molar refractivity (Wildman–Crippen MR) is 56.6 cm³/mol. The van der Waals surface area contributed by atoms with Gasteiger partial charge in [-0.25, -0.2) is 17.2 Å². The van der Waals surface area contributed by atoms with Crippen LogP contribution >= 0.6 is 12.2 Å². The van der Waals surface area contributed by atoms with E-state index in [0.29, 0.717) is 6.07 Å². The molecule has 88 valence electrons. The van der Waals surface area contributed by atoms with Crippen LogP contribution in [0.5, 0.6) is 0 Å². The van der Waals surface area contributed by atoms with E-state index in [2.05, 4.69) is 12.2 Å². The number of benzene rings is 1. The van der Waals surface area contributed by atoms with E-state index in [1.807, 2.05) is 5.43 Å². The first-order valence-electron chi connectivity index (χ1n) is 3.85. The van der Waals surface area contributed by atoms with Crippen LogP contribution in [0.25, 0.3) is 0 Å². The standard InChI is InChI=1S/C7H7F2N3O2S2/c8-4-1-2-6(5(9)3-4)16(13,14)12-11-7(10)15/h1-3,12H,(H3,10,11,15). The lowest BCUT2D eigenvalue weighted by molar-refractivity contribution is 0.541. The lowest BCUT2D eigenvalue weighted by Gasteiger charge is -2.08. The van der Waals surface area contributed by atoms with Crippen molar-refractivity contribution >= 4 is 27.4 Å². The number of hydrogen-bond acceptors (Lipinski definition) is 3. The Balaban J connectivity index is 3.03. The third kappa shape index (κ3) is 3.08. The van der Waals surface area contributed by atoms with Crippen LogP contribution in [0, 0.1) is 11.6 Å². The van der Waals surface area contributed by atoms with Gasteiger partial charge >= 0.3 is 0 Å². The molecule has 1 aromatic carbocycles. The molecule has 1 aromatic rings. The Morgan fingerprint density at radius 3 is 2.50 bits per heavy atom. The zero-order valence-corrected chi connectivity index (χ0v) is 9.33. The molecule has 4 N–H and O–H groups in total. The quantitative estimate of drug-likeness (QED) is 0.530. The van der Waals surface area contributed by atoms with Crippen molar-refractivity contribution in [2.75, 3.05) is 0 Å². The first-order valence-corrected chi connectivity index (χ1v) is 5.74. The Bertz CT molecular complexity index is 518. The maximum atomic E-state index is 13.1. The topological polar surface area (TPSA) is 84.2 Å². The van der Waals surface area contributed by atoms with E-state index in [1.165, 1.54) is 0 Å². The molecule has 0 fully saturated rings. The molecule has 0 aromatic heterocycles. The molecule has 1 rings (SSSR count). The molecule has 0 heterocycles. The molecule has 5 nitrogen and oxygen atoms in total. The van der Waals surface area contributed by atoms with Crippen molar-refractivity contribution in [3.8, 4) is 0 Å². The number of hydrazine groups is 1. The van der Waals surface area contributed by atoms with Crippen molar-refractivity contribution in [1.29, 1.82) is 0 Å². The fourth-order valence-electron chi connectivity index (χ4n) is 0.866. The van der Waals surface area contributed by atoms with Gasteiger partial charge in [-0.1, -0.05) is 0 Å². The number of halogens is 2. The fraction of sp³-hybridized carbons (Fsp3) is 0. The molecule has 0 aliphatic rings. The van der Waals surface area contributed by atoms with Gasteiger partial charge in [0.2, 0.25) is 0 Å². The van der Waals surface area contributed by atoms with Gasteiger partial charge in [-0.15, -0.1) is 4.83 Å². The molecule has 0 saturated carbocycles. The Hall–Kier alpha value is -1.32. The SMILES string of the molecule is NC(=S)NNS(=O)(=O)c1ccc(F)cc1F. The summed E-state index contributed by atoms with van der Waals surface area (Å²) in [6.07, 6.45) is 0. The summed E-state index contributed by atoms with van der Waals surface area (Å²) in [5.41, 5.74) is 6.92. The lowest BCUT2D eigenvalue weighted by Crippen LogP contribution is -2.44. The largest absolute Gasteiger partial charge is 0.375 e. The Morgan fingerprint density at radius 1 is 1.38 bits per heavy atom. The summed E-state index contributed by atoms with van der Waals surface area (Å²) >= 11 is 4.35. The second kappa shape index (κ2) is 4.68. The fourth-order valence-corrected chi connectivity index (χ4v) is 1.90. The van der Waals surface area contributed by atoms with Gasteiger partial charge in [-0.3, -0.25) is 5.43 Å². The molecule has 0 radical (unpaired) electrons. The normalized spacial score (nSPS) is 11.1. The highest BCUT2D eigenvalue weighted by Gasteiger charge is 2.19. The average Bonchev–Trinajstić information content (AvgIpc) is 2.14. The number of hydrogen-bond donors (Lipinski definition) is 3. The first kappa shape index (κ1) is 12.7. The summed E-state index contributed by atoms with van der Waals surface area (Å²) in [5, 5.41) is -0.328. The third-order valence-corrected chi connectivity index (χ3v) is 2.88. The highest BCUT2D eigenvalue weighted by Crippen LogP contribution is 2.14. The minimum Gasteiger partial charge on any atom is -0.375 e. The lowest BCUT2D eigenvalue weighted by atomic mass is 10.3. The Kier molecular flexibility index (Phi) is 3.73. The van der Waals surface area contributed by atoms with E-state index in [4.69, 9.17) is 5.73 Å². The first-order chi connectivity index (χ1) is 7.33. The van der Waals surface area contributed by atoms with Gasteiger partial charge in [0.05, 0.1) is 0 Å². The van der Waals surface area contributed by atoms with Crippen molar-refractivity contribution < 1.29 is 17.2 Å². The van der Waals surface area contributed by atoms with Gasteiger partial charge in [-0.2, -0.15) is 0 Å². The van der Waals surface area contributed by atoms with Crippen molar-refractivity contribution in [2.45, 2.75) is 4.90 Å². The van der Waals surface area contributed by atoms with E-state index < -0.39 is 26.6 Å². The number of thiocarbonyl (C=S) groups is 1. The molecular formula is C7H7F2N3O2S2. The van der Waals surface area contributed by atoms with Crippen LogP contribution in [0.3, 0.4) is 0 Å². The molecule has 0 bridgehead atoms. The maximum Gasteiger partial charge on any atom is 0.260 e. The minimum atomic E-state index is -4.17. The Morgan fingerprint density at radius 2 is 2.00 bits per heavy atom. The third-order valence-electron chi connectivity index (χ3n) is 1.49. The smallest absolute Gasteiger partial charge is 0.260 e. The Labute approximate surface area is 95.7 Å². The van der Waals surface area contributed by atoms with Crippen LogP contribution < -0.4 is 16.0 Å². The second-order valence-corrected chi connectivity index (χ2v) is 4.76. The van der Waals surface area contributed by atoms with Crippen LogP contribution in [0.4, 0.5) is 8.78 Å². The van der Waals surface area contributed by atoms with Crippen LogP contribution in [-0.4, -0.2) is 13.5 Å². The van der Waals surface area contributed by atoms with Crippen molar-refractivity contribution in [1.82, 2.24) is 10.3 Å². The molecule has 0 saturated heterocycles. The minimum absolute atomic E-state index is 0.328. The highest BCUT2D eigenvalue weighted by atomic mass is 32.2. The number of sulfonamides is 1. The van der Waals surface area contributed by atoms with Gasteiger partial charge in [-0.05, 0) is 24.4 Å². The maximum absolute atomic E-state index is 13.1. The van der Waals surface area contributed by atoms with Crippen molar-refractivity contribution in [2.24, 2.45) is 5.73 Å². The number of nitrogens with two attached hydrogens (primary N) is 1. The van der Waals surface area contributed by atoms with Crippen LogP contribution in [0.1, 0.15) is 0 Å². The van der Waals surface area contributed by atoms with E-state index in [-0.39, 0.29) is 5.11 Å². The molecule has 16 heavy (non-hydrogen) atoms. The zero-order valence-electron chi connectivity index (χ0n) is 7.70. The van der Waals surface area contributed by atoms with Crippen LogP contribution in [0.2, 0.25) is 0 Å². The van der Waals surface area contributed by atoms with E-state index in [9.17, 15) is 17.2 Å². The van der Waals surface area contributed by atoms with E-state index >= 15 is 0 Å². The second-order valence-electron chi connectivity index (χ2n) is 2.67. The molecule has 9 heteroatoms. The van der Waals surface area contributed by atoms with Gasteiger partial charge in [0.1, 0.15) is 16.5 Å². The predicted octanol–water partition coefficient (Wildman–Crippen LogP) is -0.00870. The van der Waals surface area contributed by atoms with Crippen LogP contribution in [0.15, 0.2) is 23.1 Å². The molecule has 0 unspecified atom stereocenters. The summed E-state index contributed by atoms with van der Waals surface area (Å²) in [7, 11) is -4.17. The van der Waals surface area contributed by atoms with Gasteiger partial charge in [0, 0.05) is 6.07 Å². The molecule has 0 atom stereocenters. The monoisotopic (exact) mass is 267 g/mol. The summed E-state index contributed by atoms with van der Waals surface area (Å²) in [6.45, 7) is 0. The molecule has 0 aliphatic heterocycles. The molecule has 0 amide bonds. The molecule has 0 aliphatic carbocycles. The van der Waals surface area contributed by atoms with E-state index in [1.54, 1.807) is 4.83 Å². The highest BCUT2D eigenvalue weighted by molar-refractivity contribution is 7.89.